The molecule has 0 radical (unpaired) electrons. The maximum atomic E-state index is 12.9. The zero-order valence-corrected chi connectivity index (χ0v) is 16.7. The Labute approximate surface area is 174 Å². The standard InChI is InChI=1S/C24H22N2O4/c1-14(24(29)30-3)25-22(27)15(2)26-13-21-19(5-4-6-20(21)23(26)28)18-11-9-17(10-12-18)16-7-8-16/h4-6,9-12,16H,1-2,7-8,13H2,3H3,(H,25,27). The van der Waals surface area contributed by atoms with E-state index in [1.807, 2.05) is 12.1 Å². The van der Waals surface area contributed by atoms with E-state index >= 15 is 0 Å². The Hall–Kier alpha value is -3.67. The molecule has 1 heterocycles. The van der Waals surface area contributed by atoms with Gasteiger partial charge < -0.3 is 10.1 Å². The van der Waals surface area contributed by atoms with Gasteiger partial charge in [-0.15, -0.1) is 0 Å². The second-order valence-corrected chi connectivity index (χ2v) is 7.49. The molecule has 152 valence electrons. The molecule has 1 aliphatic heterocycles. The molecular weight excluding hydrogens is 380 g/mol. The van der Waals surface area contributed by atoms with E-state index in [9.17, 15) is 14.4 Å². The van der Waals surface area contributed by atoms with Gasteiger partial charge >= 0.3 is 5.97 Å². The highest BCUT2D eigenvalue weighted by Gasteiger charge is 2.33. The molecule has 30 heavy (non-hydrogen) atoms. The lowest BCUT2D eigenvalue weighted by molar-refractivity contribution is -0.137. The molecule has 1 N–H and O–H groups in total. The Morgan fingerprint density at radius 2 is 1.73 bits per heavy atom. The summed E-state index contributed by atoms with van der Waals surface area (Å²) in [5.41, 5.74) is 4.44. The first-order valence-corrected chi connectivity index (χ1v) is 9.72. The lowest BCUT2D eigenvalue weighted by Crippen LogP contribution is -2.36. The summed E-state index contributed by atoms with van der Waals surface area (Å²) < 4.78 is 4.52. The largest absolute Gasteiger partial charge is 0.464 e. The SMILES string of the molecule is C=C(NC(=O)C(=C)N1Cc2c(cccc2-c2ccc(C3CC3)cc2)C1=O)C(=O)OC. The number of esters is 1. The fourth-order valence-electron chi connectivity index (χ4n) is 3.68. The molecule has 2 aromatic rings. The molecule has 1 fully saturated rings. The van der Waals surface area contributed by atoms with Gasteiger partial charge in [-0.05, 0) is 47.1 Å². The molecule has 2 aromatic carbocycles. The predicted octanol–water partition coefficient (Wildman–Crippen LogP) is 3.50. The molecule has 6 nitrogen and oxygen atoms in total. The number of nitrogens with zero attached hydrogens (tertiary/aromatic N) is 1. The van der Waals surface area contributed by atoms with E-state index in [0.29, 0.717) is 11.5 Å². The average Bonchev–Trinajstić information content (AvgIpc) is 3.56. The normalized spacial score (nSPS) is 14.8. The zero-order valence-electron chi connectivity index (χ0n) is 16.7. The van der Waals surface area contributed by atoms with E-state index < -0.39 is 11.9 Å². The van der Waals surface area contributed by atoms with Gasteiger partial charge in [0.25, 0.3) is 11.8 Å². The summed E-state index contributed by atoms with van der Waals surface area (Å²) in [6, 6.07) is 14.0. The van der Waals surface area contributed by atoms with Crippen LogP contribution in [0, 0.1) is 0 Å². The molecule has 0 atom stereocenters. The van der Waals surface area contributed by atoms with Crippen LogP contribution in [0.2, 0.25) is 0 Å². The maximum Gasteiger partial charge on any atom is 0.353 e. The maximum absolute atomic E-state index is 12.9. The van der Waals surface area contributed by atoms with Crippen LogP contribution in [0.15, 0.2) is 67.0 Å². The van der Waals surface area contributed by atoms with Gasteiger partial charge in [0.2, 0.25) is 0 Å². The first kappa shape index (κ1) is 19.6. The summed E-state index contributed by atoms with van der Waals surface area (Å²) in [6.45, 7) is 7.44. The second-order valence-electron chi connectivity index (χ2n) is 7.49. The summed E-state index contributed by atoms with van der Waals surface area (Å²) >= 11 is 0. The molecule has 0 bridgehead atoms. The third-order valence-corrected chi connectivity index (χ3v) is 5.52. The number of benzene rings is 2. The molecule has 1 aliphatic carbocycles. The van der Waals surface area contributed by atoms with E-state index in [1.165, 1.54) is 30.4 Å². The van der Waals surface area contributed by atoms with Crippen molar-refractivity contribution in [1.82, 2.24) is 10.2 Å². The van der Waals surface area contributed by atoms with Crippen molar-refractivity contribution < 1.29 is 19.1 Å². The van der Waals surface area contributed by atoms with Crippen LogP contribution in [0.3, 0.4) is 0 Å². The van der Waals surface area contributed by atoms with Crippen molar-refractivity contribution in [3.63, 3.8) is 0 Å². The highest BCUT2D eigenvalue weighted by molar-refractivity contribution is 6.07. The zero-order chi connectivity index (χ0) is 21.4. The number of amides is 2. The summed E-state index contributed by atoms with van der Waals surface area (Å²) in [5, 5.41) is 2.32. The van der Waals surface area contributed by atoms with Crippen molar-refractivity contribution in [3.05, 3.63) is 83.7 Å². The topological polar surface area (TPSA) is 75.7 Å². The van der Waals surface area contributed by atoms with Crippen molar-refractivity contribution in [3.8, 4) is 11.1 Å². The average molecular weight is 402 g/mol. The van der Waals surface area contributed by atoms with Crippen molar-refractivity contribution in [1.29, 1.82) is 0 Å². The summed E-state index contributed by atoms with van der Waals surface area (Å²) in [6.07, 6.45) is 2.49. The number of carbonyl (C=O) groups excluding carboxylic acids is 3. The van der Waals surface area contributed by atoms with Crippen molar-refractivity contribution >= 4 is 17.8 Å². The van der Waals surface area contributed by atoms with E-state index in [1.54, 1.807) is 6.07 Å². The van der Waals surface area contributed by atoms with Crippen LogP contribution in [0.25, 0.3) is 11.1 Å². The summed E-state index contributed by atoms with van der Waals surface area (Å²) in [4.78, 5) is 38.1. The Kier molecular flexibility index (Phi) is 4.99. The van der Waals surface area contributed by atoms with Crippen LogP contribution < -0.4 is 5.32 Å². The monoisotopic (exact) mass is 402 g/mol. The number of carbonyl (C=O) groups is 3. The second kappa shape index (κ2) is 7.63. The van der Waals surface area contributed by atoms with E-state index in [-0.39, 0.29) is 23.8 Å². The van der Waals surface area contributed by atoms with Crippen LogP contribution in [-0.4, -0.2) is 29.8 Å². The van der Waals surface area contributed by atoms with Crippen LogP contribution in [0.4, 0.5) is 0 Å². The minimum atomic E-state index is -0.760. The summed E-state index contributed by atoms with van der Waals surface area (Å²) in [7, 11) is 1.19. The fourth-order valence-corrected chi connectivity index (χ4v) is 3.68. The Morgan fingerprint density at radius 3 is 2.37 bits per heavy atom. The molecule has 1 saturated carbocycles. The van der Waals surface area contributed by atoms with Crippen LogP contribution in [-0.2, 0) is 20.9 Å². The first-order chi connectivity index (χ1) is 14.4. The highest BCUT2D eigenvalue weighted by atomic mass is 16.5. The van der Waals surface area contributed by atoms with Gasteiger partial charge in [-0.25, -0.2) is 4.79 Å². The third-order valence-electron chi connectivity index (χ3n) is 5.52. The fraction of sp³-hybridized carbons (Fsp3) is 0.208. The van der Waals surface area contributed by atoms with E-state index in [2.05, 4.69) is 47.5 Å². The molecule has 2 aliphatic rings. The molecule has 0 saturated heterocycles. The number of methoxy groups -OCH3 is 1. The van der Waals surface area contributed by atoms with Gasteiger partial charge in [0, 0.05) is 5.56 Å². The van der Waals surface area contributed by atoms with Gasteiger partial charge in [-0.1, -0.05) is 49.6 Å². The lowest BCUT2D eigenvalue weighted by Gasteiger charge is -2.18. The molecule has 0 unspecified atom stereocenters. The van der Waals surface area contributed by atoms with Gasteiger partial charge in [-0.2, -0.15) is 0 Å². The smallest absolute Gasteiger partial charge is 0.353 e. The molecule has 0 spiro atoms. The summed E-state index contributed by atoms with van der Waals surface area (Å²) in [5.74, 6) is -1.06. The van der Waals surface area contributed by atoms with Crippen LogP contribution in [0.1, 0.15) is 40.2 Å². The molecule has 4 rings (SSSR count). The third kappa shape index (κ3) is 3.52. The number of fused-ring (bicyclic) bond motifs is 1. The van der Waals surface area contributed by atoms with Gasteiger partial charge in [-0.3, -0.25) is 14.5 Å². The Bertz CT molecular complexity index is 1080. The molecule has 2 amide bonds. The van der Waals surface area contributed by atoms with E-state index in [4.69, 9.17) is 0 Å². The van der Waals surface area contributed by atoms with Gasteiger partial charge in [0.1, 0.15) is 11.4 Å². The first-order valence-electron chi connectivity index (χ1n) is 9.72. The number of hydrogen-bond donors (Lipinski definition) is 1. The number of nitrogens with one attached hydrogen (secondary N) is 1. The molecule has 6 heteroatoms. The number of hydrogen-bond acceptors (Lipinski definition) is 4. The van der Waals surface area contributed by atoms with Gasteiger partial charge in [0.15, 0.2) is 0 Å². The minimum Gasteiger partial charge on any atom is -0.464 e. The lowest BCUT2D eigenvalue weighted by atomic mass is 9.96. The van der Waals surface area contributed by atoms with Gasteiger partial charge in [0.05, 0.1) is 13.7 Å². The number of rotatable bonds is 6. The quantitative estimate of drug-likeness (QED) is 0.593. The highest BCUT2D eigenvalue weighted by Crippen LogP contribution is 2.41. The van der Waals surface area contributed by atoms with Crippen molar-refractivity contribution in [2.24, 2.45) is 0 Å². The molecular formula is C24H22N2O4. The predicted molar refractivity (Wildman–Crippen MR) is 112 cm³/mol. The number of ether oxygens (including phenoxy) is 1. The minimum absolute atomic E-state index is 0.0590. The Morgan fingerprint density at radius 1 is 1.07 bits per heavy atom. The van der Waals surface area contributed by atoms with Crippen molar-refractivity contribution in [2.75, 3.05) is 7.11 Å². The Balaban J connectivity index is 1.56. The van der Waals surface area contributed by atoms with Crippen LogP contribution >= 0.6 is 0 Å². The van der Waals surface area contributed by atoms with E-state index in [0.717, 1.165) is 16.7 Å². The van der Waals surface area contributed by atoms with Crippen molar-refractivity contribution in [2.45, 2.75) is 25.3 Å². The molecule has 0 aromatic heterocycles. The van der Waals surface area contributed by atoms with Crippen LogP contribution in [0.5, 0.6) is 0 Å².